The second-order valence-corrected chi connectivity index (χ2v) is 7.94. The van der Waals surface area contributed by atoms with Crippen molar-refractivity contribution in [2.45, 2.75) is 38.6 Å². The smallest absolute Gasteiger partial charge is 0.326 e. The summed E-state index contributed by atoms with van der Waals surface area (Å²) < 4.78 is 30.7. The molecule has 0 aliphatic heterocycles. The van der Waals surface area contributed by atoms with Gasteiger partial charge in [0.1, 0.15) is 6.04 Å². The summed E-state index contributed by atoms with van der Waals surface area (Å²) in [5.41, 5.74) is 1.21. The number of aryl methyl sites for hydroxylation is 1. The molecule has 2 rings (SSSR count). The number of fused-ring (bicyclic) bond motifs is 1. The molecule has 1 atom stereocenters. The van der Waals surface area contributed by atoms with Crippen LogP contribution in [0.3, 0.4) is 0 Å². The van der Waals surface area contributed by atoms with E-state index in [0.29, 0.717) is 17.4 Å². The van der Waals surface area contributed by atoms with Crippen LogP contribution in [0.1, 0.15) is 42.1 Å². The summed E-state index contributed by atoms with van der Waals surface area (Å²) in [4.78, 5) is 24.3. The lowest BCUT2D eigenvalue weighted by Crippen LogP contribution is -2.42. The molecule has 0 spiro atoms. The molecule has 0 fully saturated rings. The molecule has 0 saturated carbocycles. The van der Waals surface area contributed by atoms with E-state index in [2.05, 4.69) is 5.32 Å². The molecular formula is C19H23NO6S. The predicted molar refractivity (Wildman–Crippen MR) is 102 cm³/mol. The van der Waals surface area contributed by atoms with Crippen LogP contribution in [0.15, 0.2) is 36.4 Å². The van der Waals surface area contributed by atoms with Crippen molar-refractivity contribution >= 4 is 32.8 Å². The Kier molecular flexibility index (Phi) is 6.92. The lowest BCUT2D eigenvalue weighted by Gasteiger charge is -2.17. The minimum absolute atomic E-state index is 0.402. The highest BCUT2D eigenvalue weighted by atomic mass is 32.2. The number of unbranched alkanes of at least 4 members (excludes halogenated alkanes) is 1. The molecule has 0 heterocycles. The quantitative estimate of drug-likeness (QED) is 0.563. The molecule has 0 aliphatic rings. The zero-order chi connectivity index (χ0) is 20.0. The number of carbonyl (C=O) groups excluding carboxylic acids is 1. The second-order valence-electron chi connectivity index (χ2n) is 6.36. The van der Waals surface area contributed by atoms with Gasteiger partial charge in [0, 0.05) is 0 Å². The molecule has 0 bridgehead atoms. The normalized spacial score (nSPS) is 12.7. The number of hydrogen-bond acceptors (Lipinski definition) is 4. The number of carboxylic acids is 1. The minimum Gasteiger partial charge on any atom is -0.480 e. The first-order valence-corrected chi connectivity index (χ1v) is 10.3. The summed E-state index contributed by atoms with van der Waals surface area (Å²) in [6.07, 6.45) is 2.07. The van der Waals surface area contributed by atoms with Crippen LogP contribution in [0.5, 0.6) is 0 Å². The van der Waals surface area contributed by atoms with Gasteiger partial charge in [0.2, 0.25) is 0 Å². The first kappa shape index (κ1) is 20.9. The van der Waals surface area contributed by atoms with Gasteiger partial charge in [0.15, 0.2) is 0 Å². The maximum Gasteiger partial charge on any atom is 0.326 e. The molecule has 0 aliphatic carbocycles. The van der Waals surface area contributed by atoms with E-state index in [1.165, 1.54) is 0 Å². The van der Waals surface area contributed by atoms with Gasteiger partial charge in [-0.3, -0.25) is 9.35 Å². The lowest BCUT2D eigenvalue weighted by atomic mass is 9.95. The summed E-state index contributed by atoms with van der Waals surface area (Å²) in [6.45, 7) is 2.04. The number of hydrogen-bond donors (Lipinski definition) is 3. The van der Waals surface area contributed by atoms with E-state index in [4.69, 9.17) is 4.55 Å². The molecule has 146 valence electrons. The van der Waals surface area contributed by atoms with E-state index in [0.717, 1.165) is 23.8 Å². The molecule has 8 heteroatoms. The van der Waals surface area contributed by atoms with Gasteiger partial charge in [-0.05, 0) is 35.6 Å². The first-order valence-electron chi connectivity index (χ1n) is 8.72. The number of rotatable bonds is 9. The summed E-state index contributed by atoms with van der Waals surface area (Å²) in [6, 6.07) is 9.68. The standard InChI is InChI=1S/C19H23NO6S/c1-2-3-6-14-10-9-13-7-4-5-8-15(13)17(14)18(21)20-16(19(22)23)11-12-27(24,25)26/h4-5,7-10,16H,2-3,6,11-12H2,1H3,(H,20,21)(H,22,23)(H,24,25,26)/t16-/m0/s1. The van der Waals surface area contributed by atoms with Crippen LogP contribution in [0.2, 0.25) is 0 Å². The largest absolute Gasteiger partial charge is 0.480 e. The summed E-state index contributed by atoms with van der Waals surface area (Å²) in [5.74, 6) is -2.68. The van der Waals surface area contributed by atoms with Crippen molar-refractivity contribution in [2.24, 2.45) is 0 Å². The van der Waals surface area contributed by atoms with Crippen LogP contribution in [0, 0.1) is 0 Å². The van der Waals surface area contributed by atoms with Crippen LogP contribution in [0.4, 0.5) is 0 Å². The molecule has 2 aromatic carbocycles. The number of carbonyl (C=O) groups is 2. The zero-order valence-corrected chi connectivity index (χ0v) is 15.8. The van der Waals surface area contributed by atoms with Gasteiger partial charge in [-0.15, -0.1) is 0 Å². The van der Waals surface area contributed by atoms with Crippen molar-refractivity contribution in [3.05, 3.63) is 47.5 Å². The highest BCUT2D eigenvalue weighted by Crippen LogP contribution is 2.24. The Morgan fingerprint density at radius 3 is 2.48 bits per heavy atom. The fraction of sp³-hybridized carbons (Fsp3) is 0.368. The van der Waals surface area contributed by atoms with Crippen molar-refractivity contribution < 1.29 is 27.7 Å². The van der Waals surface area contributed by atoms with Gasteiger partial charge in [-0.25, -0.2) is 4.79 Å². The van der Waals surface area contributed by atoms with Crippen molar-refractivity contribution in [1.29, 1.82) is 0 Å². The average molecular weight is 393 g/mol. The molecule has 27 heavy (non-hydrogen) atoms. The zero-order valence-electron chi connectivity index (χ0n) is 15.0. The lowest BCUT2D eigenvalue weighted by molar-refractivity contribution is -0.139. The maximum absolute atomic E-state index is 12.9. The van der Waals surface area contributed by atoms with Crippen LogP contribution in [0.25, 0.3) is 10.8 Å². The van der Waals surface area contributed by atoms with Gasteiger partial charge in [-0.1, -0.05) is 49.7 Å². The maximum atomic E-state index is 12.9. The minimum atomic E-state index is -4.32. The SMILES string of the molecule is CCCCc1ccc2ccccc2c1C(=O)N[C@@H](CCS(=O)(=O)O)C(=O)O. The number of amides is 1. The van der Waals surface area contributed by atoms with E-state index in [9.17, 15) is 23.1 Å². The highest BCUT2D eigenvalue weighted by Gasteiger charge is 2.25. The van der Waals surface area contributed by atoms with E-state index < -0.39 is 40.2 Å². The molecule has 0 unspecified atom stereocenters. The van der Waals surface area contributed by atoms with Crippen LogP contribution >= 0.6 is 0 Å². The molecule has 1 amide bonds. The van der Waals surface area contributed by atoms with Crippen molar-refractivity contribution in [1.82, 2.24) is 5.32 Å². The average Bonchev–Trinajstić information content (AvgIpc) is 2.61. The van der Waals surface area contributed by atoms with Crippen molar-refractivity contribution in [3.8, 4) is 0 Å². The molecule has 2 aromatic rings. The van der Waals surface area contributed by atoms with Gasteiger partial charge >= 0.3 is 5.97 Å². The van der Waals surface area contributed by atoms with Crippen molar-refractivity contribution in [3.63, 3.8) is 0 Å². The Morgan fingerprint density at radius 2 is 1.85 bits per heavy atom. The van der Waals surface area contributed by atoms with E-state index in [-0.39, 0.29) is 0 Å². The monoisotopic (exact) mass is 393 g/mol. The molecule has 0 saturated heterocycles. The topological polar surface area (TPSA) is 121 Å². The number of benzene rings is 2. The Labute approximate surface area is 158 Å². The summed E-state index contributed by atoms with van der Waals surface area (Å²) in [7, 11) is -4.32. The third kappa shape index (κ3) is 5.77. The van der Waals surface area contributed by atoms with Gasteiger partial charge in [0.25, 0.3) is 16.0 Å². The van der Waals surface area contributed by atoms with Crippen LogP contribution in [-0.2, 0) is 21.3 Å². The Bertz CT molecular complexity index is 938. The second kappa shape index (κ2) is 8.96. The molecule has 0 radical (unpaired) electrons. The summed E-state index contributed by atoms with van der Waals surface area (Å²) >= 11 is 0. The predicted octanol–water partition coefficient (Wildman–Crippen LogP) is 2.64. The molecule has 3 N–H and O–H groups in total. The molecular weight excluding hydrogens is 370 g/mol. The Balaban J connectivity index is 2.37. The third-order valence-corrected chi connectivity index (χ3v) is 5.06. The molecule has 0 aromatic heterocycles. The van der Waals surface area contributed by atoms with Crippen molar-refractivity contribution in [2.75, 3.05) is 5.75 Å². The van der Waals surface area contributed by atoms with Gasteiger partial charge < -0.3 is 10.4 Å². The van der Waals surface area contributed by atoms with E-state index in [1.54, 1.807) is 12.1 Å². The number of nitrogens with one attached hydrogen (secondary N) is 1. The summed E-state index contributed by atoms with van der Waals surface area (Å²) in [5, 5.41) is 13.3. The van der Waals surface area contributed by atoms with E-state index >= 15 is 0 Å². The highest BCUT2D eigenvalue weighted by molar-refractivity contribution is 7.85. The number of aliphatic carboxylic acids is 1. The Hall–Kier alpha value is -2.45. The number of carboxylic acid groups (broad SMARTS) is 1. The van der Waals surface area contributed by atoms with Crippen LogP contribution < -0.4 is 5.32 Å². The third-order valence-electron chi connectivity index (χ3n) is 4.31. The first-order chi connectivity index (χ1) is 12.7. The molecule has 7 nitrogen and oxygen atoms in total. The van der Waals surface area contributed by atoms with Gasteiger partial charge in [0.05, 0.1) is 11.3 Å². The van der Waals surface area contributed by atoms with E-state index in [1.807, 2.05) is 31.2 Å². The van der Waals surface area contributed by atoms with Crippen LogP contribution in [-0.4, -0.2) is 41.7 Å². The van der Waals surface area contributed by atoms with Gasteiger partial charge in [-0.2, -0.15) is 8.42 Å². The Morgan fingerprint density at radius 1 is 1.15 bits per heavy atom. The fourth-order valence-corrected chi connectivity index (χ4v) is 3.45. The fourth-order valence-electron chi connectivity index (χ4n) is 2.91.